The summed E-state index contributed by atoms with van der Waals surface area (Å²) in [6.45, 7) is 5.52. The molecule has 1 amide bonds. The first-order valence-corrected chi connectivity index (χ1v) is 8.46. The normalized spacial score (nSPS) is 18.9. The van der Waals surface area contributed by atoms with Crippen molar-refractivity contribution in [1.29, 1.82) is 0 Å². The molecule has 1 fully saturated rings. The lowest BCUT2D eigenvalue weighted by atomic mass is 9.97. The molecule has 1 aliphatic heterocycles. The van der Waals surface area contributed by atoms with Crippen molar-refractivity contribution >= 4 is 32.6 Å². The fraction of sp³-hybridized carbons (Fsp3) is 0.500. The van der Waals surface area contributed by atoms with Gasteiger partial charge in [-0.15, -0.1) is 0 Å². The Kier molecular flexibility index (Phi) is 4.29. The van der Waals surface area contributed by atoms with Gasteiger partial charge >= 0.3 is 0 Å². The minimum absolute atomic E-state index is 0.0000941. The average Bonchev–Trinajstić information content (AvgIpc) is 2.89. The molecule has 1 aliphatic rings. The maximum absolute atomic E-state index is 13.3. The van der Waals surface area contributed by atoms with Crippen LogP contribution in [0.3, 0.4) is 0 Å². The molecule has 4 nitrogen and oxygen atoms in total. The number of fused-ring (bicyclic) bond motifs is 1. The summed E-state index contributed by atoms with van der Waals surface area (Å²) in [5.41, 5.74) is 0.815. The number of amides is 1. The van der Waals surface area contributed by atoms with Crippen molar-refractivity contribution in [2.75, 3.05) is 18.0 Å². The van der Waals surface area contributed by atoms with E-state index in [0.717, 1.165) is 34.7 Å². The minimum atomic E-state index is -0.240. The molecule has 1 aromatic carbocycles. The molecule has 0 bridgehead atoms. The summed E-state index contributed by atoms with van der Waals surface area (Å²) < 4.78 is 14.1. The van der Waals surface area contributed by atoms with Crippen LogP contribution in [0.4, 0.5) is 9.52 Å². The van der Waals surface area contributed by atoms with Crippen molar-refractivity contribution in [2.45, 2.75) is 32.7 Å². The van der Waals surface area contributed by atoms with Crippen LogP contribution in [0.25, 0.3) is 10.2 Å². The lowest BCUT2D eigenvalue weighted by molar-refractivity contribution is -0.125. The maximum atomic E-state index is 13.3. The molecule has 0 aliphatic carbocycles. The number of rotatable bonds is 3. The number of hydrogen-bond donors (Lipinski definition) is 1. The van der Waals surface area contributed by atoms with E-state index in [1.807, 2.05) is 13.8 Å². The molecule has 1 aromatic heterocycles. The Balaban J connectivity index is 1.77. The zero-order valence-corrected chi connectivity index (χ0v) is 13.6. The Morgan fingerprint density at radius 1 is 1.50 bits per heavy atom. The molecule has 1 atom stereocenters. The van der Waals surface area contributed by atoms with E-state index in [2.05, 4.69) is 15.2 Å². The van der Waals surface area contributed by atoms with Crippen molar-refractivity contribution in [3.05, 3.63) is 24.0 Å². The summed E-state index contributed by atoms with van der Waals surface area (Å²) >= 11 is 1.49. The second-order valence-electron chi connectivity index (χ2n) is 6.06. The van der Waals surface area contributed by atoms with Gasteiger partial charge in [0.15, 0.2) is 5.13 Å². The number of benzene rings is 1. The van der Waals surface area contributed by atoms with E-state index >= 15 is 0 Å². The van der Waals surface area contributed by atoms with E-state index < -0.39 is 0 Å². The number of carbonyl (C=O) groups excluding carboxylic acids is 1. The predicted octanol–water partition coefficient (Wildman–Crippen LogP) is 3.18. The zero-order chi connectivity index (χ0) is 15.7. The molecule has 0 spiro atoms. The van der Waals surface area contributed by atoms with Crippen LogP contribution in [0.1, 0.15) is 26.7 Å². The third kappa shape index (κ3) is 3.21. The van der Waals surface area contributed by atoms with Crippen LogP contribution in [-0.2, 0) is 4.79 Å². The first-order valence-electron chi connectivity index (χ1n) is 7.64. The fourth-order valence-electron chi connectivity index (χ4n) is 2.79. The Hall–Kier alpha value is -1.69. The number of nitrogens with zero attached hydrogens (tertiary/aromatic N) is 2. The summed E-state index contributed by atoms with van der Waals surface area (Å²) in [7, 11) is 0. The third-order valence-electron chi connectivity index (χ3n) is 3.83. The van der Waals surface area contributed by atoms with Crippen LogP contribution in [0.15, 0.2) is 18.2 Å². The molecule has 0 saturated carbocycles. The predicted molar refractivity (Wildman–Crippen MR) is 87.8 cm³/mol. The standard InChI is InChI=1S/C16H20FN3OS/c1-10(2)18-15(21)11-4-3-7-20(9-11)16-19-13-6-5-12(17)8-14(13)22-16/h5-6,8,10-11H,3-4,7,9H2,1-2H3,(H,18,21). The number of nitrogens with one attached hydrogen (secondary N) is 1. The quantitative estimate of drug-likeness (QED) is 0.944. The zero-order valence-electron chi connectivity index (χ0n) is 12.8. The number of anilines is 1. The summed E-state index contributed by atoms with van der Waals surface area (Å²) in [6, 6.07) is 4.82. The highest BCUT2D eigenvalue weighted by molar-refractivity contribution is 7.22. The Bertz CT molecular complexity index is 685. The number of aromatic nitrogens is 1. The van der Waals surface area contributed by atoms with Gasteiger partial charge in [0.1, 0.15) is 5.82 Å². The summed E-state index contributed by atoms with van der Waals surface area (Å²) in [4.78, 5) is 18.9. The molecule has 2 heterocycles. The van der Waals surface area contributed by atoms with E-state index in [0.29, 0.717) is 6.54 Å². The summed E-state index contributed by atoms with van der Waals surface area (Å²) in [6.07, 6.45) is 1.88. The van der Waals surface area contributed by atoms with Gasteiger partial charge in [0.25, 0.3) is 0 Å². The van der Waals surface area contributed by atoms with Crippen LogP contribution in [0.2, 0.25) is 0 Å². The third-order valence-corrected chi connectivity index (χ3v) is 4.91. The van der Waals surface area contributed by atoms with Crippen LogP contribution in [0.5, 0.6) is 0 Å². The van der Waals surface area contributed by atoms with Gasteiger partial charge in [-0.3, -0.25) is 4.79 Å². The lowest BCUT2D eigenvalue weighted by Gasteiger charge is -2.32. The molecule has 118 valence electrons. The van der Waals surface area contributed by atoms with Crippen molar-refractivity contribution in [3.8, 4) is 0 Å². The first kappa shape index (κ1) is 15.2. The monoisotopic (exact) mass is 321 g/mol. The van der Waals surface area contributed by atoms with Crippen molar-refractivity contribution < 1.29 is 9.18 Å². The van der Waals surface area contributed by atoms with Gasteiger partial charge in [-0.1, -0.05) is 11.3 Å². The minimum Gasteiger partial charge on any atom is -0.354 e. The number of carbonyl (C=O) groups is 1. The van der Waals surface area contributed by atoms with Gasteiger partial charge in [0.05, 0.1) is 16.1 Å². The highest BCUT2D eigenvalue weighted by Crippen LogP contribution is 2.32. The van der Waals surface area contributed by atoms with Gasteiger partial charge < -0.3 is 10.2 Å². The van der Waals surface area contributed by atoms with Gasteiger partial charge in [0, 0.05) is 19.1 Å². The number of thiazole rings is 1. The highest BCUT2D eigenvalue weighted by atomic mass is 32.1. The van der Waals surface area contributed by atoms with Crippen LogP contribution < -0.4 is 10.2 Å². The molecule has 2 aromatic rings. The van der Waals surface area contributed by atoms with Crippen LogP contribution in [-0.4, -0.2) is 30.0 Å². The van der Waals surface area contributed by atoms with Crippen molar-refractivity contribution in [2.24, 2.45) is 5.92 Å². The molecule has 1 unspecified atom stereocenters. The van der Waals surface area contributed by atoms with E-state index in [1.165, 1.54) is 23.5 Å². The van der Waals surface area contributed by atoms with Gasteiger partial charge in [0.2, 0.25) is 5.91 Å². The van der Waals surface area contributed by atoms with E-state index in [9.17, 15) is 9.18 Å². The number of halogens is 1. The molecule has 1 saturated heterocycles. The van der Waals surface area contributed by atoms with Crippen molar-refractivity contribution in [3.63, 3.8) is 0 Å². The molecular weight excluding hydrogens is 301 g/mol. The smallest absolute Gasteiger partial charge is 0.225 e. The average molecular weight is 321 g/mol. The fourth-order valence-corrected chi connectivity index (χ4v) is 3.81. The first-order chi connectivity index (χ1) is 10.5. The van der Waals surface area contributed by atoms with E-state index in [1.54, 1.807) is 6.07 Å². The molecule has 3 rings (SSSR count). The molecule has 22 heavy (non-hydrogen) atoms. The van der Waals surface area contributed by atoms with Gasteiger partial charge in [-0.2, -0.15) is 0 Å². The Morgan fingerprint density at radius 3 is 3.09 bits per heavy atom. The van der Waals surface area contributed by atoms with E-state index in [-0.39, 0.29) is 23.7 Å². The molecule has 6 heteroatoms. The topological polar surface area (TPSA) is 45.2 Å². The molecular formula is C16H20FN3OS. The summed E-state index contributed by atoms with van der Waals surface area (Å²) in [5, 5.41) is 3.86. The molecule has 0 radical (unpaired) electrons. The Labute approximate surface area is 133 Å². The Morgan fingerprint density at radius 2 is 2.32 bits per heavy atom. The number of hydrogen-bond acceptors (Lipinski definition) is 4. The number of piperidine rings is 1. The largest absolute Gasteiger partial charge is 0.354 e. The second kappa shape index (κ2) is 6.20. The van der Waals surface area contributed by atoms with E-state index in [4.69, 9.17) is 0 Å². The summed E-state index contributed by atoms with van der Waals surface area (Å²) in [5.74, 6) is -0.123. The molecule has 1 N–H and O–H groups in total. The van der Waals surface area contributed by atoms with Gasteiger partial charge in [-0.05, 0) is 44.9 Å². The van der Waals surface area contributed by atoms with Crippen LogP contribution >= 0.6 is 11.3 Å². The lowest BCUT2D eigenvalue weighted by Crippen LogP contribution is -2.44. The van der Waals surface area contributed by atoms with Crippen LogP contribution in [0, 0.1) is 11.7 Å². The van der Waals surface area contributed by atoms with Crippen molar-refractivity contribution in [1.82, 2.24) is 10.3 Å². The highest BCUT2D eigenvalue weighted by Gasteiger charge is 2.27. The van der Waals surface area contributed by atoms with Gasteiger partial charge in [-0.25, -0.2) is 9.37 Å². The second-order valence-corrected chi connectivity index (χ2v) is 7.07. The SMILES string of the molecule is CC(C)NC(=O)C1CCCN(c2nc3ccc(F)cc3s2)C1. The maximum Gasteiger partial charge on any atom is 0.225 e.